The third kappa shape index (κ3) is 7.50. The normalized spacial score (nSPS) is 15.2. The maximum absolute atomic E-state index is 12.8. The van der Waals surface area contributed by atoms with Gasteiger partial charge in [0, 0.05) is 13.0 Å². The van der Waals surface area contributed by atoms with E-state index in [1.54, 1.807) is 18.9 Å². The summed E-state index contributed by atoms with van der Waals surface area (Å²) >= 11 is 10.2. The van der Waals surface area contributed by atoms with Crippen LogP contribution in [0.5, 0.6) is 11.5 Å². The number of thiocarbonyl (C=S) groups is 1. The maximum Gasteiger partial charge on any atom is 0.305 e. The van der Waals surface area contributed by atoms with E-state index in [1.807, 2.05) is 32.1 Å². The molecule has 0 spiro atoms. The van der Waals surface area contributed by atoms with E-state index in [4.69, 9.17) is 26.4 Å². The summed E-state index contributed by atoms with van der Waals surface area (Å²) in [5, 5.41) is 0. The molecule has 9 heteroatoms. The standard InChI is InChI=1S/C22H28BrNO5S2/c1-5-28-19(25)9-7-6-8-10-24-21(26)18(31-22(24)30)13-15-11-16(23)20(29-14(2)3)17(12-15)27-4/h11-14H,5-10H2,1-4H3/b18-13-. The molecule has 2 rings (SSSR count). The van der Waals surface area contributed by atoms with Crippen molar-refractivity contribution in [2.75, 3.05) is 20.3 Å². The highest BCUT2D eigenvalue weighted by Crippen LogP contribution is 2.39. The number of carbonyl (C=O) groups is 2. The SMILES string of the molecule is CCOC(=O)CCCCCN1C(=O)/C(=C/c2cc(Br)c(OC(C)C)c(OC)c2)SC1=S. The molecule has 6 nitrogen and oxygen atoms in total. The van der Waals surface area contributed by atoms with Gasteiger partial charge in [0.25, 0.3) is 5.91 Å². The van der Waals surface area contributed by atoms with E-state index in [-0.39, 0.29) is 18.0 Å². The van der Waals surface area contributed by atoms with Crippen molar-refractivity contribution in [3.63, 3.8) is 0 Å². The molecular formula is C22H28BrNO5S2. The topological polar surface area (TPSA) is 65.1 Å². The first kappa shape index (κ1) is 25.7. The van der Waals surface area contributed by atoms with Crippen molar-refractivity contribution < 1.29 is 23.8 Å². The lowest BCUT2D eigenvalue weighted by atomic mass is 10.1. The van der Waals surface area contributed by atoms with Crippen molar-refractivity contribution in [3.8, 4) is 11.5 Å². The van der Waals surface area contributed by atoms with Crippen LogP contribution in [0.2, 0.25) is 0 Å². The van der Waals surface area contributed by atoms with Gasteiger partial charge in [0.1, 0.15) is 4.32 Å². The summed E-state index contributed by atoms with van der Waals surface area (Å²) in [6, 6.07) is 3.73. The second kappa shape index (κ2) is 12.5. The van der Waals surface area contributed by atoms with Crippen molar-refractivity contribution in [1.82, 2.24) is 4.90 Å². The fourth-order valence-electron chi connectivity index (χ4n) is 2.97. The van der Waals surface area contributed by atoms with E-state index in [9.17, 15) is 9.59 Å². The van der Waals surface area contributed by atoms with Gasteiger partial charge in [-0.3, -0.25) is 14.5 Å². The first-order chi connectivity index (χ1) is 14.8. The summed E-state index contributed by atoms with van der Waals surface area (Å²) in [4.78, 5) is 26.4. The van der Waals surface area contributed by atoms with Gasteiger partial charge in [-0.2, -0.15) is 0 Å². The maximum atomic E-state index is 12.8. The smallest absolute Gasteiger partial charge is 0.305 e. The van der Waals surface area contributed by atoms with Crippen LogP contribution < -0.4 is 9.47 Å². The van der Waals surface area contributed by atoms with E-state index in [2.05, 4.69) is 15.9 Å². The highest BCUT2D eigenvalue weighted by Gasteiger charge is 2.31. The number of hydrogen-bond acceptors (Lipinski definition) is 7. The predicted molar refractivity (Wildman–Crippen MR) is 131 cm³/mol. The van der Waals surface area contributed by atoms with Gasteiger partial charge in [-0.15, -0.1) is 0 Å². The zero-order chi connectivity index (χ0) is 23.0. The molecule has 0 N–H and O–H groups in total. The molecule has 0 atom stereocenters. The minimum Gasteiger partial charge on any atom is -0.493 e. The Morgan fingerprint density at radius 1 is 1.29 bits per heavy atom. The third-order valence-electron chi connectivity index (χ3n) is 4.34. The number of ether oxygens (including phenoxy) is 3. The molecule has 1 saturated heterocycles. The molecule has 31 heavy (non-hydrogen) atoms. The Morgan fingerprint density at radius 2 is 2.03 bits per heavy atom. The van der Waals surface area contributed by atoms with Crippen LogP contribution in [-0.2, 0) is 14.3 Å². The van der Waals surface area contributed by atoms with Crippen molar-refractivity contribution in [2.45, 2.75) is 52.6 Å². The molecular weight excluding hydrogens is 502 g/mol. The van der Waals surface area contributed by atoms with Crippen LogP contribution in [0.25, 0.3) is 6.08 Å². The fraction of sp³-hybridized carbons (Fsp3) is 0.500. The van der Waals surface area contributed by atoms with Crippen LogP contribution in [0.4, 0.5) is 0 Å². The Morgan fingerprint density at radius 3 is 2.68 bits per heavy atom. The number of carbonyl (C=O) groups excluding carboxylic acids is 2. The van der Waals surface area contributed by atoms with Gasteiger partial charge in [0.15, 0.2) is 11.5 Å². The van der Waals surface area contributed by atoms with E-state index in [0.717, 1.165) is 29.3 Å². The molecule has 1 heterocycles. The molecule has 0 saturated carbocycles. The number of methoxy groups -OCH3 is 1. The molecule has 1 aromatic rings. The second-order valence-electron chi connectivity index (χ2n) is 7.15. The fourth-order valence-corrected chi connectivity index (χ4v) is 4.83. The molecule has 0 radical (unpaired) electrons. The van der Waals surface area contributed by atoms with Gasteiger partial charge < -0.3 is 14.2 Å². The van der Waals surface area contributed by atoms with Crippen LogP contribution in [-0.4, -0.2) is 47.5 Å². The van der Waals surface area contributed by atoms with Crippen LogP contribution in [0.1, 0.15) is 52.0 Å². The second-order valence-corrected chi connectivity index (χ2v) is 9.68. The molecule has 170 valence electrons. The number of unbranched alkanes of at least 4 members (excludes halogenated alkanes) is 2. The van der Waals surface area contributed by atoms with Gasteiger partial charge in [0.2, 0.25) is 0 Å². The zero-order valence-electron chi connectivity index (χ0n) is 18.2. The Bertz CT molecular complexity index is 857. The molecule has 0 bridgehead atoms. The van der Waals surface area contributed by atoms with E-state index < -0.39 is 0 Å². The van der Waals surface area contributed by atoms with Crippen molar-refractivity contribution in [2.24, 2.45) is 0 Å². The summed E-state index contributed by atoms with van der Waals surface area (Å²) in [7, 11) is 1.58. The highest BCUT2D eigenvalue weighted by molar-refractivity contribution is 9.10. The molecule has 1 aliphatic rings. The predicted octanol–water partition coefficient (Wildman–Crippen LogP) is 5.57. The van der Waals surface area contributed by atoms with Crippen LogP contribution in [0, 0.1) is 0 Å². The number of thioether (sulfide) groups is 1. The molecule has 1 aliphatic heterocycles. The van der Waals surface area contributed by atoms with Crippen LogP contribution in [0.15, 0.2) is 21.5 Å². The Balaban J connectivity index is 2.01. The lowest BCUT2D eigenvalue weighted by Gasteiger charge is -2.16. The van der Waals surface area contributed by atoms with Gasteiger partial charge in [-0.25, -0.2) is 0 Å². The summed E-state index contributed by atoms with van der Waals surface area (Å²) in [6.45, 7) is 6.63. The number of halogens is 1. The van der Waals surface area contributed by atoms with E-state index >= 15 is 0 Å². The molecule has 1 fully saturated rings. The van der Waals surface area contributed by atoms with Crippen LogP contribution >= 0.6 is 39.9 Å². The summed E-state index contributed by atoms with van der Waals surface area (Å²) in [6.07, 6.45) is 4.56. The first-order valence-corrected chi connectivity index (χ1v) is 12.2. The number of nitrogens with zero attached hydrogens (tertiary/aromatic N) is 1. The molecule has 1 amide bonds. The summed E-state index contributed by atoms with van der Waals surface area (Å²) in [5.41, 5.74) is 0.815. The molecule has 1 aromatic carbocycles. The summed E-state index contributed by atoms with van der Waals surface area (Å²) in [5.74, 6) is 0.942. The third-order valence-corrected chi connectivity index (χ3v) is 6.31. The van der Waals surface area contributed by atoms with Gasteiger partial charge >= 0.3 is 5.97 Å². The lowest BCUT2D eigenvalue weighted by Crippen LogP contribution is -2.29. The van der Waals surface area contributed by atoms with Crippen molar-refractivity contribution >= 4 is 62.2 Å². The van der Waals surface area contributed by atoms with E-state index in [1.165, 1.54) is 11.8 Å². The van der Waals surface area contributed by atoms with Gasteiger partial charge in [0.05, 0.1) is 29.2 Å². The van der Waals surface area contributed by atoms with Crippen molar-refractivity contribution in [1.29, 1.82) is 0 Å². The van der Waals surface area contributed by atoms with Gasteiger partial charge in [-0.05, 0) is 73.3 Å². The number of benzene rings is 1. The minimum absolute atomic E-state index is 0.00425. The Labute approximate surface area is 201 Å². The number of esters is 1. The molecule has 0 unspecified atom stereocenters. The zero-order valence-corrected chi connectivity index (χ0v) is 21.5. The van der Waals surface area contributed by atoms with Gasteiger partial charge in [-0.1, -0.05) is 30.4 Å². The highest BCUT2D eigenvalue weighted by atomic mass is 79.9. The Hall–Kier alpha value is -1.58. The van der Waals surface area contributed by atoms with Crippen molar-refractivity contribution in [3.05, 3.63) is 27.1 Å². The Kier molecular flexibility index (Phi) is 10.3. The lowest BCUT2D eigenvalue weighted by molar-refractivity contribution is -0.143. The molecule has 0 aliphatic carbocycles. The number of amides is 1. The molecule has 0 aromatic heterocycles. The summed E-state index contributed by atoms with van der Waals surface area (Å²) < 4.78 is 17.5. The first-order valence-electron chi connectivity index (χ1n) is 10.2. The van der Waals surface area contributed by atoms with Crippen LogP contribution in [0.3, 0.4) is 0 Å². The monoisotopic (exact) mass is 529 g/mol. The van der Waals surface area contributed by atoms with E-state index in [0.29, 0.717) is 40.3 Å². The average Bonchev–Trinajstić information content (AvgIpc) is 2.96. The largest absolute Gasteiger partial charge is 0.493 e. The minimum atomic E-state index is -0.178. The average molecular weight is 531 g/mol. The number of rotatable bonds is 11. The quantitative estimate of drug-likeness (QED) is 0.160. The number of hydrogen-bond donors (Lipinski definition) is 0.